The van der Waals surface area contributed by atoms with Crippen LogP contribution in [0.5, 0.6) is 0 Å². The molecule has 4 rings (SSSR count). The van der Waals surface area contributed by atoms with Crippen molar-refractivity contribution in [2.45, 2.75) is 24.3 Å². The van der Waals surface area contributed by atoms with E-state index >= 15 is 0 Å². The van der Waals surface area contributed by atoms with Gasteiger partial charge in [-0.25, -0.2) is 0 Å². The fourth-order valence-electron chi connectivity index (χ4n) is 1.85. The molecule has 4 heterocycles. The van der Waals surface area contributed by atoms with E-state index in [4.69, 9.17) is 0 Å². The summed E-state index contributed by atoms with van der Waals surface area (Å²) in [5.41, 5.74) is 0. The Labute approximate surface area is 154 Å². The van der Waals surface area contributed by atoms with Gasteiger partial charge < -0.3 is 0 Å². The molecule has 4 aliphatic heterocycles. The molecule has 20 heavy (non-hydrogen) atoms. The zero-order valence-corrected chi connectivity index (χ0v) is 17.4. The van der Waals surface area contributed by atoms with E-state index in [1.165, 1.54) is 20.0 Å². The topological polar surface area (TPSA) is 0 Å². The number of thioether (sulfide) groups is 8. The van der Waals surface area contributed by atoms with Gasteiger partial charge in [-0.3, -0.25) is 0 Å². The van der Waals surface area contributed by atoms with E-state index in [-0.39, 0.29) is 0 Å². The Morgan fingerprint density at radius 2 is 1.00 bits per heavy atom. The summed E-state index contributed by atoms with van der Waals surface area (Å²) in [6.45, 7) is 4.68. The molecule has 0 saturated carbocycles. The summed E-state index contributed by atoms with van der Waals surface area (Å²) in [6.07, 6.45) is 0. The maximum Gasteiger partial charge on any atom is 0.0717 e. The van der Waals surface area contributed by atoms with Gasteiger partial charge in [-0.05, 0) is 0 Å². The predicted octanol–water partition coefficient (Wildman–Crippen LogP) is 7.06. The summed E-state index contributed by atoms with van der Waals surface area (Å²) >= 11 is 16.3. The monoisotopic (exact) mass is 412 g/mol. The summed E-state index contributed by atoms with van der Waals surface area (Å²) in [5.74, 6) is 2.52. The third kappa shape index (κ3) is 3.14. The molecule has 0 spiro atoms. The van der Waals surface area contributed by atoms with Gasteiger partial charge in [0, 0.05) is 22.0 Å². The highest BCUT2D eigenvalue weighted by molar-refractivity contribution is 8.45. The number of rotatable bonds is 0. The molecule has 0 aromatic carbocycles. The Morgan fingerprint density at radius 3 is 1.45 bits per heavy atom. The van der Waals surface area contributed by atoms with Crippen LogP contribution in [0, 0.1) is 0 Å². The predicted molar refractivity (Wildman–Crippen MR) is 110 cm³/mol. The molecular formula is C12H12S8. The van der Waals surface area contributed by atoms with Gasteiger partial charge in [-0.2, -0.15) is 0 Å². The molecule has 0 aliphatic carbocycles. The van der Waals surface area contributed by atoms with E-state index < -0.39 is 0 Å². The van der Waals surface area contributed by atoms with Crippen molar-refractivity contribution >= 4 is 94.1 Å². The van der Waals surface area contributed by atoms with E-state index in [0.717, 1.165) is 10.5 Å². The SMILES string of the molecule is CC1CSC2=C(S/C(=C3/SC4=C(S3)SC(C)CS4)S2)S1. The van der Waals surface area contributed by atoms with Crippen molar-refractivity contribution in [1.29, 1.82) is 0 Å². The second kappa shape index (κ2) is 6.49. The molecule has 0 radical (unpaired) electrons. The molecule has 108 valence electrons. The lowest BCUT2D eigenvalue weighted by molar-refractivity contribution is 1.14. The molecule has 2 unspecified atom stereocenters. The van der Waals surface area contributed by atoms with Crippen LogP contribution in [0.4, 0.5) is 0 Å². The van der Waals surface area contributed by atoms with Gasteiger partial charge >= 0.3 is 0 Å². The first-order chi connectivity index (χ1) is 9.69. The lowest BCUT2D eigenvalue weighted by Gasteiger charge is -2.16. The average molecular weight is 413 g/mol. The normalized spacial score (nSPS) is 37.5. The minimum absolute atomic E-state index is 0.762. The van der Waals surface area contributed by atoms with Crippen molar-refractivity contribution in [1.82, 2.24) is 0 Å². The smallest absolute Gasteiger partial charge is 0.0717 e. The van der Waals surface area contributed by atoms with Gasteiger partial charge in [0.2, 0.25) is 0 Å². The van der Waals surface area contributed by atoms with Gasteiger partial charge in [0.1, 0.15) is 0 Å². The molecule has 0 amide bonds. The first-order valence-corrected chi connectivity index (χ1v) is 13.2. The maximum atomic E-state index is 2.34. The average Bonchev–Trinajstić information content (AvgIpc) is 3.00. The summed E-state index contributed by atoms with van der Waals surface area (Å²) in [5, 5.41) is 1.52. The summed E-state index contributed by atoms with van der Waals surface area (Å²) in [4.78, 5) is 0. The molecule has 0 saturated heterocycles. The Balaban J connectivity index is 1.51. The van der Waals surface area contributed by atoms with Crippen molar-refractivity contribution in [3.63, 3.8) is 0 Å². The quantitative estimate of drug-likeness (QED) is 0.409. The molecule has 8 heteroatoms. The van der Waals surface area contributed by atoms with Gasteiger partial charge in [0.25, 0.3) is 0 Å². The van der Waals surface area contributed by atoms with Crippen molar-refractivity contribution in [3.8, 4) is 0 Å². The van der Waals surface area contributed by atoms with Gasteiger partial charge in [-0.15, -0.1) is 47.0 Å². The minimum atomic E-state index is 0.762. The van der Waals surface area contributed by atoms with Crippen LogP contribution in [-0.2, 0) is 0 Å². The van der Waals surface area contributed by atoms with Gasteiger partial charge in [-0.1, -0.05) is 60.9 Å². The fraction of sp³-hybridized carbons (Fsp3) is 0.500. The molecule has 0 aromatic rings. The van der Waals surface area contributed by atoms with Gasteiger partial charge in [0.15, 0.2) is 0 Å². The molecular weight excluding hydrogens is 401 g/mol. The number of hydrogen-bond acceptors (Lipinski definition) is 8. The maximum absolute atomic E-state index is 2.34. The van der Waals surface area contributed by atoms with E-state index in [1.54, 1.807) is 16.9 Å². The molecule has 2 atom stereocenters. The van der Waals surface area contributed by atoms with E-state index in [2.05, 4.69) is 60.9 Å². The second-order valence-corrected chi connectivity index (χ2v) is 15.2. The van der Waals surface area contributed by atoms with Crippen molar-refractivity contribution < 1.29 is 0 Å². The highest BCUT2D eigenvalue weighted by Crippen LogP contribution is 2.68. The Hall–Kier alpha value is 2.02. The number of hydrogen-bond donors (Lipinski definition) is 0. The third-order valence-electron chi connectivity index (χ3n) is 2.76. The Bertz CT molecular complexity index is 498. The van der Waals surface area contributed by atoms with Crippen molar-refractivity contribution in [3.05, 3.63) is 25.4 Å². The molecule has 0 aromatic heterocycles. The first kappa shape index (κ1) is 15.5. The lowest BCUT2D eigenvalue weighted by atomic mass is 10.6. The van der Waals surface area contributed by atoms with Crippen LogP contribution in [0.15, 0.2) is 25.4 Å². The van der Waals surface area contributed by atoms with Crippen LogP contribution in [0.3, 0.4) is 0 Å². The van der Waals surface area contributed by atoms with Crippen molar-refractivity contribution in [2.24, 2.45) is 0 Å². The summed E-state index contributed by atoms with van der Waals surface area (Å²) in [6, 6.07) is 0. The van der Waals surface area contributed by atoms with Crippen LogP contribution in [0.1, 0.15) is 13.8 Å². The van der Waals surface area contributed by atoms with Crippen LogP contribution in [-0.4, -0.2) is 22.0 Å². The standard InChI is InChI=1S/C12H12S8/c1-5-3-13-7-9(15-5)19-11(17-7)12-18-8-10(20-12)16-6(2)4-14-8/h5-6H,3-4H2,1-2H3/b12-11-. The van der Waals surface area contributed by atoms with Gasteiger partial charge in [0.05, 0.1) is 25.4 Å². The fourth-order valence-corrected chi connectivity index (χ4v) is 14.6. The van der Waals surface area contributed by atoms with E-state index in [1.807, 2.05) is 47.0 Å². The van der Waals surface area contributed by atoms with E-state index in [9.17, 15) is 0 Å². The zero-order chi connectivity index (χ0) is 13.7. The molecule has 0 N–H and O–H groups in total. The minimum Gasteiger partial charge on any atom is -0.116 e. The molecule has 0 fully saturated rings. The zero-order valence-electron chi connectivity index (χ0n) is 10.8. The van der Waals surface area contributed by atoms with Crippen LogP contribution >= 0.6 is 94.1 Å². The molecule has 0 bridgehead atoms. The molecule has 4 aliphatic rings. The Kier molecular flexibility index (Phi) is 5.05. The van der Waals surface area contributed by atoms with Crippen LogP contribution < -0.4 is 0 Å². The highest BCUT2D eigenvalue weighted by Gasteiger charge is 2.34. The van der Waals surface area contributed by atoms with Crippen LogP contribution in [0.2, 0.25) is 0 Å². The third-order valence-corrected chi connectivity index (χ3v) is 15.4. The largest absolute Gasteiger partial charge is 0.116 e. The van der Waals surface area contributed by atoms with E-state index in [0.29, 0.717) is 0 Å². The van der Waals surface area contributed by atoms with Crippen LogP contribution in [0.25, 0.3) is 0 Å². The summed E-state index contributed by atoms with van der Waals surface area (Å²) in [7, 11) is 0. The summed E-state index contributed by atoms with van der Waals surface area (Å²) < 4.78 is 9.28. The highest BCUT2D eigenvalue weighted by atomic mass is 32.3. The Morgan fingerprint density at radius 1 is 0.600 bits per heavy atom. The first-order valence-electron chi connectivity index (χ1n) is 6.22. The van der Waals surface area contributed by atoms with Crippen molar-refractivity contribution in [2.75, 3.05) is 11.5 Å². The molecule has 0 nitrogen and oxygen atoms in total. The second-order valence-electron chi connectivity index (χ2n) is 4.61. The lowest BCUT2D eigenvalue weighted by Crippen LogP contribution is -2.03.